The first kappa shape index (κ1) is 25.1. The molecule has 2 spiro atoms. The fraction of sp³-hybridized carbons (Fsp3) is 1.00. The summed E-state index contributed by atoms with van der Waals surface area (Å²) in [6.07, 6.45) is 11.7. The molecule has 0 aromatic carbocycles. The molecule has 0 radical (unpaired) electrons. The van der Waals surface area contributed by atoms with E-state index in [-0.39, 0.29) is 34.0 Å². The number of hydrogen-bond donors (Lipinski definition) is 0. The van der Waals surface area contributed by atoms with Crippen molar-refractivity contribution in [1.82, 2.24) is 9.80 Å². The fourth-order valence-electron chi connectivity index (χ4n) is 6.24. The third-order valence-corrected chi connectivity index (χ3v) is 8.29. The molecule has 0 unspecified atom stereocenters. The molecule has 28 heavy (non-hydrogen) atoms. The Labute approximate surface area is 195 Å². The van der Waals surface area contributed by atoms with Crippen LogP contribution in [0.1, 0.15) is 51.4 Å². The number of piperazine rings is 2. The van der Waals surface area contributed by atoms with Gasteiger partial charge in [-0.3, -0.25) is 9.80 Å². The molecule has 0 N–H and O–H groups in total. The van der Waals surface area contributed by atoms with Gasteiger partial charge in [-0.1, -0.05) is 12.8 Å². The standard InChI is InChI=1S/C22H44N4.2BrH/c1(3-9-23-11-19-25(20-12-23)15-5-6-16-25)2-4-10-24-13-21-26(22-14-24)17-7-8-18-26;;/h1-22H2;2*1H/q+2;;/p-2. The average molecular weight is 524 g/mol. The summed E-state index contributed by atoms with van der Waals surface area (Å²) in [5, 5.41) is 0. The summed E-state index contributed by atoms with van der Waals surface area (Å²) in [5.41, 5.74) is 0. The molecule has 6 heteroatoms. The van der Waals surface area contributed by atoms with Crippen molar-refractivity contribution in [1.29, 1.82) is 0 Å². The monoisotopic (exact) mass is 522 g/mol. The lowest BCUT2D eigenvalue weighted by molar-refractivity contribution is -0.920. The van der Waals surface area contributed by atoms with Crippen molar-refractivity contribution in [2.24, 2.45) is 0 Å². The van der Waals surface area contributed by atoms with Gasteiger partial charge in [-0.2, -0.15) is 0 Å². The van der Waals surface area contributed by atoms with E-state index in [0.29, 0.717) is 0 Å². The summed E-state index contributed by atoms with van der Waals surface area (Å²) >= 11 is 0. The topological polar surface area (TPSA) is 6.48 Å². The van der Waals surface area contributed by atoms with E-state index in [2.05, 4.69) is 9.80 Å². The first-order chi connectivity index (χ1) is 12.8. The summed E-state index contributed by atoms with van der Waals surface area (Å²) in [4.78, 5) is 5.51. The van der Waals surface area contributed by atoms with E-state index in [9.17, 15) is 0 Å². The summed E-state index contributed by atoms with van der Waals surface area (Å²) in [5.74, 6) is 0. The Balaban J connectivity index is 0.00000140. The highest BCUT2D eigenvalue weighted by atomic mass is 79.9. The van der Waals surface area contributed by atoms with Gasteiger partial charge in [0.1, 0.15) is 0 Å². The highest BCUT2D eigenvalue weighted by Crippen LogP contribution is 2.23. The van der Waals surface area contributed by atoms with Crippen LogP contribution < -0.4 is 34.0 Å². The number of nitrogens with zero attached hydrogens (tertiary/aromatic N) is 4. The second-order valence-corrected chi connectivity index (χ2v) is 9.98. The van der Waals surface area contributed by atoms with Crippen LogP contribution >= 0.6 is 0 Å². The Kier molecular flexibility index (Phi) is 10.7. The molecule has 4 aliphatic heterocycles. The van der Waals surface area contributed by atoms with Crippen LogP contribution in [0.3, 0.4) is 0 Å². The van der Waals surface area contributed by atoms with E-state index < -0.39 is 0 Å². The van der Waals surface area contributed by atoms with Gasteiger partial charge in [0.25, 0.3) is 0 Å². The third kappa shape index (κ3) is 6.65. The highest BCUT2D eigenvalue weighted by Gasteiger charge is 2.36. The number of hydrogen-bond acceptors (Lipinski definition) is 2. The van der Waals surface area contributed by atoms with Crippen molar-refractivity contribution in [3.05, 3.63) is 0 Å². The number of unbranched alkanes of at least 4 members (excludes halogenated alkanes) is 3. The number of halogens is 2. The Bertz CT molecular complexity index is 376. The molecule has 4 aliphatic rings. The van der Waals surface area contributed by atoms with Crippen LogP contribution in [0.2, 0.25) is 0 Å². The van der Waals surface area contributed by atoms with Gasteiger partial charge in [-0.25, -0.2) is 0 Å². The maximum absolute atomic E-state index is 2.76. The maximum Gasteiger partial charge on any atom is 0.0916 e. The summed E-state index contributed by atoms with van der Waals surface area (Å²) in [7, 11) is 0. The number of rotatable bonds is 7. The van der Waals surface area contributed by atoms with E-state index in [1.165, 1.54) is 152 Å². The van der Waals surface area contributed by atoms with Gasteiger partial charge in [0, 0.05) is 51.9 Å². The van der Waals surface area contributed by atoms with E-state index >= 15 is 0 Å². The van der Waals surface area contributed by atoms with Crippen LogP contribution in [0.25, 0.3) is 0 Å². The molecule has 4 saturated heterocycles. The Morgan fingerprint density at radius 2 is 0.750 bits per heavy atom. The van der Waals surface area contributed by atoms with E-state index in [1.807, 2.05) is 0 Å². The lowest BCUT2D eigenvalue weighted by atomic mass is 10.1. The summed E-state index contributed by atoms with van der Waals surface area (Å²) < 4.78 is 2.93. The predicted octanol–water partition coefficient (Wildman–Crippen LogP) is -3.59. The molecule has 0 saturated carbocycles. The molecule has 166 valence electrons. The molecule has 0 atom stereocenters. The van der Waals surface area contributed by atoms with Crippen molar-refractivity contribution < 1.29 is 42.9 Å². The zero-order valence-electron chi connectivity index (χ0n) is 18.1. The zero-order chi connectivity index (χ0) is 17.7. The lowest BCUT2D eigenvalue weighted by Gasteiger charge is -2.42. The second-order valence-electron chi connectivity index (χ2n) is 9.98. The van der Waals surface area contributed by atoms with Gasteiger partial charge in [0.2, 0.25) is 0 Å². The van der Waals surface area contributed by atoms with Gasteiger partial charge >= 0.3 is 0 Å². The molecule has 4 nitrogen and oxygen atoms in total. The average Bonchev–Trinajstić information content (AvgIpc) is 3.32. The van der Waals surface area contributed by atoms with Gasteiger partial charge in [-0.15, -0.1) is 0 Å². The molecule has 4 fully saturated rings. The Morgan fingerprint density at radius 1 is 0.429 bits per heavy atom. The minimum absolute atomic E-state index is 0. The minimum atomic E-state index is 0. The predicted molar refractivity (Wildman–Crippen MR) is 109 cm³/mol. The van der Waals surface area contributed by atoms with Crippen LogP contribution in [0.4, 0.5) is 0 Å². The maximum atomic E-state index is 2.76. The fourth-order valence-corrected chi connectivity index (χ4v) is 6.24. The number of quaternary nitrogens is 2. The van der Waals surface area contributed by atoms with Gasteiger partial charge < -0.3 is 42.9 Å². The minimum Gasteiger partial charge on any atom is -1.00 e. The van der Waals surface area contributed by atoms with Crippen LogP contribution in [0.5, 0.6) is 0 Å². The molecule has 4 heterocycles. The van der Waals surface area contributed by atoms with Crippen LogP contribution in [-0.2, 0) is 0 Å². The normalized spacial score (nSPS) is 27.0. The molecular formula is C22H44Br2N4. The molecule has 0 bridgehead atoms. The van der Waals surface area contributed by atoms with Crippen LogP contribution in [-0.4, -0.2) is 110 Å². The van der Waals surface area contributed by atoms with Crippen molar-refractivity contribution >= 4 is 0 Å². The van der Waals surface area contributed by atoms with Crippen molar-refractivity contribution in [2.45, 2.75) is 51.4 Å². The molecule has 0 aliphatic carbocycles. The van der Waals surface area contributed by atoms with Crippen LogP contribution in [0.15, 0.2) is 0 Å². The van der Waals surface area contributed by atoms with Crippen molar-refractivity contribution in [2.75, 3.05) is 91.6 Å². The van der Waals surface area contributed by atoms with Crippen LogP contribution in [0, 0.1) is 0 Å². The van der Waals surface area contributed by atoms with E-state index in [4.69, 9.17) is 0 Å². The highest BCUT2D eigenvalue weighted by molar-refractivity contribution is 4.69. The molecular weight excluding hydrogens is 480 g/mol. The SMILES string of the molecule is C(CCCN1CC[N+]2(CCCC2)CC1)CCN1CC[N+]2(CCCC2)CC1.[Br-].[Br-]. The summed E-state index contributed by atoms with van der Waals surface area (Å²) in [6, 6.07) is 0. The lowest BCUT2D eigenvalue weighted by Crippen LogP contribution is -3.00. The largest absolute Gasteiger partial charge is 1.00 e. The van der Waals surface area contributed by atoms with E-state index in [1.54, 1.807) is 0 Å². The van der Waals surface area contributed by atoms with Crippen molar-refractivity contribution in [3.63, 3.8) is 0 Å². The Hall–Kier alpha value is 0.800. The molecule has 4 rings (SSSR count). The molecule has 0 aromatic rings. The van der Waals surface area contributed by atoms with Gasteiger partial charge in [-0.05, 0) is 25.9 Å². The van der Waals surface area contributed by atoms with Gasteiger partial charge in [0.05, 0.1) is 52.4 Å². The first-order valence-corrected chi connectivity index (χ1v) is 11.9. The smallest absolute Gasteiger partial charge is 0.0916 e. The Morgan fingerprint density at radius 3 is 1.07 bits per heavy atom. The second kappa shape index (κ2) is 12.0. The third-order valence-electron chi connectivity index (χ3n) is 8.29. The zero-order valence-corrected chi connectivity index (χ0v) is 21.3. The first-order valence-electron chi connectivity index (χ1n) is 11.9. The quantitative estimate of drug-likeness (QED) is 0.251. The molecule has 0 aromatic heterocycles. The molecule has 0 amide bonds. The van der Waals surface area contributed by atoms with Gasteiger partial charge in [0.15, 0.2) is 0 Å². The van der Waals surface area contributed by atoms with Crippen molar-refractivity contribution in [3.8, 4) is 0 Å². The summed E-state index contributed by atoms with van der Waals surface area (Å²) in [6.45, 7) is 19.9. The van der Waals surface area contributed by atoms with E-state index in [0.717, 1.165) is 0 Å².